The third-order valence-electron chi connectivity index (χ3n) is 2.71. The molecule has 0 bridgehead atoms. The van der Waals surface area contributed by atoms with Crippen LogP contribution in [-0.2, 0) is 26.6 Å². The van der Waals surface area contributed by atoms with Gasteiger partial charge in [0.25, 0.3) is 0 Å². The van der Waals surface area contributed by atoms with E-state index in [1.54, 1.807) is 0 Å². The number of rotatable bonds is 7. The number of sulfonamides is 2. The predicted octanol–water partition coefficient (Wildman–Crippen LogP) is 0.800. The van der Waals surface area contributed by atoms with Crippen molar-refractivity contribution in [2.75, 3.05) is 5.75 Å². The zero-order chi connectivity index (χ0) is 15.4. The van der Waals surface area contributed by atoms with Crippen molar-refractivity contribution >= 4 is 20.0 Å². The van der Waals surface area contributed by atoms with E-state index in [4.69, 9.17) is 5.14 Å². The summed E-state index contributed by atoms with van der Waals surface area (Å²) in [5.41, 5.74) is 0.672. The van der Waals surface area contributed by atoms with Crippen molar-refractivity contribution in [3.63, 3.8) is 0 Å². The largest absolute Gasteiger partial charge is 0.238 e. The topological polar surface area (TPSA) is 106 Å². The number of benzene rings is 1. The summed E-state index contributed by atoms with van der Waals surface area (Å²) in [7, 11) is -7.03. The number of nitrogens with two attached hydrogens (primary N) is 1. The lowest BCUT2D eigenvalue weighted by Gasteiger charge is -2.08. The first-order chi connectivity index (χ1) is 9.10. The van der Waals surface area contributed by atoms with E-state index < -0.39 is 20.0 Å². The Balaban J connectivity index is 2.62. The van der Waals surface area contributed by atoms with Gasteiger partial charge in [-0.1, -0.05) is 26.0 Å². The fourth-order valence-electron chi connectivity index (χ4n) is 1.45. The number of nitrogens with one attached hydrogen (secondary N) is 1. The third kappa shape index (κ3) is 6.00. The van der Waals surface area contributed by atoms with Gasteiger partial charge in [0.05, 0.1) is 10.6 Å². The molecule has 20 heavy (non-hydrogen) atoms. The van der Waals surface area contributed by atoms with Crippen LogP contribution < -0.4 is 9.86 Å². The second-order valence-corrected chi connectivity index (χ2v) is 8.50. The van der Waals surface area contributed by atoms with Crippen LogP contribution in [0, 0.1) is 5.92 Å². The van der Waals surface area contributed by atoms with Gasteiger partial charge in [0.1, 0.15) is 0 Å². The molecule has 0 heterocycles. The molecular formula is C12H20N2O4S2. The Kier molecular flexibility index (Phi) is 5.69. The summed E-state index contributed by atoms with van der Waals surface area (Å²) < 4.78 is 48.0. The molecule has 1 aromatic rings. The maximum atomic E-state index is 11.7. The molecule has 0 unspecified atom stereocenters. The molecule has 8 heteroatoms. The van der Waals surface area contributed by atoms with Gasteiger partial charge in [0, 0.05) is 6.54 Å². The minimum atomic E-state index is -3.72. The van der Waals surface area contributed by atoms with Crippen molar-refractivity contribution in [2.24, 2.45) is 11.1 Å². The lowest BCUT2D eigenvalue weighted by atomic mass is 10.2. The molecule has 0 fully saturated rings. The quantitative estimate of drug-likeness (QED) is 0.775. The lowest BCUT2D eigenvalue weighted by molar-refractivity contribution is 0.561. The average Bonchev–Trinajstić information content (AvgIpc) is 2.34. The zero-order valence-electron chi connectivity index (χ0n) is 11.5. The molecule has 0 saturated carbocycles. The van der Waals surface area contributed by atoms with Gasteiger partial charge < -0.3 is 0 Å². The van der Waals surface area contributed by atoms with Crippen LogP contribution in [0.2, 0.25) is 0 Å². The normalized spacial score (nSPS) is 12.8. The second kappa shape index (κ2) is 6.66. The zero-order valence-corrected chi connectivity index (χ0v) is 13.2. The molecule has 0 amide bonds. The standard InChI is InChI=1S/C12H20N2O4S2/c1-10(2)7-8-19(15,16)14-9-11-3-5-12(6-4-11)20(13,17)18/h3-6,10,14H,7-9H2,1-2H3,(H2,13,17,18). The van der Waals surface area contributed by atoms with Crippen LogP contribution in [-0.4, -0.2) is 22.6 Å². The maximum absolute atomic E-state index is 11.7. The van der Waals surface area contributed by atoms with E-state index >= 15 is 0 Å². The highest BCUT2D eigenvalue weighted by atomic mass is 32.2. The molecule has 0 radical (unpaired) electrons. The highest BCUT2D eigenvalue weighted by molar-refractivity contribution is 7.89. The van der Waals surface area contributed by atoms with Crippen LogP contribution in [0.4, 0.5) is 0 Å². The van der Waals surface area contributed by atoms with E-state index in [0.717, 1.165) is 0 Å². The van der Waals surface area contributed by atoms with Crippen LogP contribution in [0.5, 0.6) is 0 Å². The molecule has 0 aliphatic heterocycles. The Bertz CT molecular complexity index is 635. The first-order valence-electron chi connectivity index (χ1n) is 6.19. The number of primary sulfonamides is 1. The van der Waals surface area contributed by atoms with Crippen LogP contribution in [0.1, 0.15) is 25.8 Å². The second-order valence-electron chi connectivity index (χ2n) is 5.01. The van der Waals surface area contributed by atoms with Gasteiger partial charge in [0.15, 0.2) is 0 Å². The van der Waals surface area contributed by atoms with Crippen LogP contribution in [0.3, 0.4) is 0 Å². The van der Waals surface area contributed by atoms with Gasteiger partial charge in [-0.3, -0.25) is 0 Å². The summed E-state index contributed by atoms with van der Waals surface area (Å²) in [6.45, 7) is 4.05. The Morgan fingerprint density at radius 3 is 2.10 bits per heavy atom. The fourth-order valence-corrected chi connectivity index (χ4v) is 3.28. The van der Waals surface area contributed by atoms with Gasteiger partial charge in [-0.15, -0.1) is 0 Å². The number of hydrogen-bond donors (Lipinski definition) is 2. The van der Waals surface area contributed by atoms with E-state index in [9.17, 15) is 16.8 Å². The number of hydrogen-bond acceptors (Lipinski definition) is 4. The minimum Gasteiger partial charge on any atom is -0.225 e. The Morgan fingerprint density at radius 1 is 1.10 bits per heavy atom. The SMILES string of the molecule is CC(C)CCS(=O)(=O)NCc1ccc(S(N)(=O)=O)cc1. The molecule has 0 aromatic heterocycles. The first-order valence-corrected chi connectivity index (χ1v) is 9.39. The molecule has 0 spiro atoms. The van der Waals surface area contributed by atoms with E-state index in [-0.39, 0.29) is 17.2 Å². The molecule has 114 valence electrons. The average molecular weight is 320 g/mol. The van der Waals surface area contributed by atoms with Crippen LogP contribution in [0.15, 0.2) is 29.2 Å². The summed E-state index contributed by atoms with van der Waals surface area (Å²) >= 11 is 0. The van der Waals surface area contributed by atoms with Crippen LogP contribution >= 0.6 is 0 Å². The lowest BCUT2D eigenvalue weighted by Crippen LogP contribution is -2.26. The molecule has 3 N–H and O–H groups in total. The van der Waals surface area contributed by atoms with Crippen molar-refractivity contribution in [3.05, 3.63) is 29.8 Å². The van der Waals surface area contributed by atoms with E-state index in [1.807, 2.05) is 13.8 Å². The van der Waals surface area contributed by atoms with E-state index in [1.165, 1.54) is 24.3 Å². The maximum Gasteiger partial charge on any atom is 0.238 e. The highest BCUT2D eigenvalue weighted by Crippen LogP contribution is 2.09. The monoisotopic (exact) mass is 320 g/mol. The summed E-state index contributed by atoms with van der Waals surface area (Å²) in [5.74, 6) is 0.403. The molecular weight excluding hydrogens is 300 g/mol. The summed E-state index contributed by atoms with van der Waals surface area (Å²) in [4.78, 5) is 0.00362. The van der Waals surface area contributed by atoms with Crippen molar-refractivity contribution in [1.82, 2.24) is 4.72 Å². The van der Waals surface area contributed by atoms with Gasteiger partial charge >= 0.3 is 0 Å². The van der Waals surface area contributed by atoms with E-state index in [0.29, 0.717) is 17.9 Å². The van der Waals surface area contributed by atoms with Gasteiger partial charge in [0.2, 0.25) is 20.0 Å². The molecule has 6 nitrogen and oxygen atoms in total. The smallest absolute Gasteiger partial charge is 0.225 e. The van der Waals surface area contributed by atoms with Gasteiger partial charge in [-0.05, 0) is 30.0 Å². The van der Waals surface area contributed by atoms with Crippen LogP contribution in [0.25, 0.3) is 0 Å². The van der Waals surface area contributed by atoms with E-state index in [2.05, 4.69) is 4.72 Å². The first kappa shape index (κ1) is 17.1. The van der Waals surface area contributed by atoms with Crippen molar-refractivity contribution in [3.8, 4) is 0 Å². The minimum absolute atomic E-state index is 0.00362. The van der Waals surface area contributed by atoms with Crippen molar-refractivity contribution < 1.29 is 16.8 Å². The molecule has 0 atom stereocenters. The summed E-state index contributed by atoms with van der Waals surface area (Å²) in [6.07, 6.45) is 0.597. The summed E-state index contributed by atoms with van der Waals surface area (Å²) in [5, 5.41) is 4.98. The molecule has 0 aliphatic carbocycles. The fraction of sp³-hybridized carbons (Fsp3) is 0.500. The third-order valence-corrected chi connectivity index (χ3v) is 5.00. The molecule has 0 aliphatic rings. The molecule has 0 saturated heterocycles. The Labute approximate surface area is 120 Å². The predicted molar refractivity (Wildman–Crippen MR) is 77.9 cm³/mol. The summed E-state index contributed by atoms with van der Waals surface area (Å²) in [6, 6.07) is 5.77. The molecule has 1 aromatic carbocycles. The van der Waals surface area contributed by atoms with Crippen molar-refractivity contribution in [2.45, 2.75) is 31.7 Å². The molecule has 1 rings (SSSR count). The Hall–Kier alpha value is -0.960. The van der Waals surface area contributed by atoms with Gasteiger partial charge in [-0.2, -0.15) is 0 Å². The van der Waals surface area contributed by atoms with Crippen molar-refractivity contribution in [1.29, 1.82) is 0 Å². The van der Waals surface area contributed by atoms with Gasteiger partial charge in [-0.25, -0.2) is 26.7 Å². The Morgan fingerprint density at radius 2 is 1.65 bits per heavy atom. The highest BCUT2D eigenvalue weighted by Gasteiger charge is 2.11.